The third-order valence-electron chi connectivity index (χ3n) is 5.05. The van der Waals surface area contributed by atoms with E-state index in [1.54, 1.807) is 6.20 Å². The molecule has 3 aromatic rings. The van der Waals surface area contributed by atoms with E-state index in [4.69, 9.17) is 10.1 Å². The van der Waals surface area contributed by atoms with E-state index < -0.39 is 0 Å². The normalized spacial score (nSPS) is 16.9. The average Bonchev–Trinajstić information content (AvgIpc) is 2.75. The number of likely N-dealkylation sites (N-methyl/N-ethyl adjacent to an activating group) is 1. The van der Waals surface area contributed by atoms with Crippen molar-refractivity contribution in [3.63, 3.8) is 0 Å². The molecule has 29 heavy (non-hydrogen) atoms. The molecule has 0 radical (unpaired) electrons. The van der Waals surface area contributed by atoms with Crippen LogP contribution < -0.4 is 10.1 Å². The molecule has 1 unspecified atom stereocenters. The first-order chi connectivity index (χ1) is 14.2. The molecule has 0 spiro atoms. The molecule has 1 aromatic heterocycles. The van der Waals surface area contributed by atoms with E-state index in [0.717, 1.165) is 37.2 Å². The summed E-state index contributed by atoms with van der Waals surface area (Å²) >= 11 is 0. The van der Waals surface area contributed by atoms with Crippen molar-refractivity contribution < 1.29 is 4.74 Å². The first kappa shape index (κ1) is 19.1. The molecule has 2 aromatic carbocycles. The second-order valence-electron chi connectivity index (χ2n) is 7.35. The highest BCUT2D eigenvalue weighted by atomic mass is 16.5. The van der Waals surface area contributed by atoms with E-state index >= 15 is 0 Å². The second-order valence-corrected chi connectivity index (χ2v) is 7.35. The molecule has 0 amide bonds. The largest absolute Gasteiger partial charge is 0.457 e. The fourth-order valence-corrected chi connectivity index (χ4v) is 3.60. The molecule has 1 saturated heterocycles. The van der Waals surface area contributed by atoms with Gasteiger partial charge in [-0.2, -0.15) is 0 Å². The van der Waals surface area contributed by atoms with Gasteiger partial charge in [0.15, 0.2) is 0 Å². The third-order valence-corrected chi connectivity index (χ3v) is 5.05. The molecule has 2 N–H and O–H groups in total. The van der Waals surface area contributed by atoms with Crippen LogP contribution in [0.25, 0.3) is 0 Å². The Hall–Kier alpha value is -3.25. The van der Waals surface area contributed by atoms with E-state index in [0.29, 0.717) is 28.9 Å². The Bertz CT molecular complexity index is 976. The van der Waals surface area contributed by atoms with Crippen molar-refractivity contribution in [1.82, 2.24) is 14.9 Å². The lowest BCUT2D eigenvalue weighted by atomic mass is 10.0. The van der Waals surface area contributed by atoms with Crippen LogP contribution in [0, 0.1) is 5.41 Å². The number of likely N-dealkylation sites (tertiary alicyclic amines) is 1. The van der Waals surface area contributed by atoms with Crippen LogP contribution in [0.5, 0.6) is 11.5 Å². The standard InChI is InChI=1S/C23H25N5O/c1-28-12-6-8-18(15-28)27-23-21(14-25-16-26-23)22(24)17-7-5-11-20(13-17)29-19-9-3-2-4-10-19/h2-5,7,9-11,13-14,16,18,24H,6,8,12,15H2,1H3,(H,25,26,27). The number of aromatic nitrogens is 2. The van der Waals surface area contributed by atoms with Crippen LogP contribution in [0.4, 0.5) is 5.82 Å². The maximum atomic E-state index is 8.76. The maximum Gasteiger partial charge on any atom is 0.139 e. The summed E-state index contributed by atoms with van der Waals surface area (Å²) in [7, 11) is 2.13. The molecular weight excluding hydrogens is 362 g/mol. The average molecular weight is 387 g/mol. The van der Waals surface area contributed by atoms with Gasteiger partial charge in [0.2, 0.25) is 0 Å². The molecule has 1 aliphatic heterocycles. The van der Waals surface area contributed by atoms with Gasteiger partial charge in [0.1, 0.15) is 23.6 Å². The zero-order valence-corrected chi connectivity index (χ0v) is 16.5. The Morgan fingerprint density at radius 3 is 2.79 bits per heavy atom. The minimum absolute atomic E-state index is 0.322. The van der Waals surface area contributed by atoms with Gasteiger partial charge in [0.25, 0.3) is 0 Å². The quantitative estimate of drug-likeness (QED) is 0.621. The Balaban J connectivity index is 1.54. The molecule has 1 fully saturated rings. The van der Waals surface area contributed by atoms with Crippen LogP contribution >= 0.6 is 0 Å². The van der Waals surface area contributed by atoms with Crippen LogP contribution in [-0.4, -0.2) is 46.8 Å². The van der Waals surface area contributed by atoms with Gasteiger partial charge < -0.3 is 15.0 Å². The minimum atomic E-state index is 0.322. The monoisotopic (exact) mass is 387 g/mol. The van der Waals surface area contributed by atoms with Gasteiger partial charge in [-0.1, -0.05) is 30.3 Å². The molecule has 0 aliphatic carbocycles. The van der Waals surface area contributed by atoms with E-state index in [2.05, 4.69) is 27.2 Å². The molecule has 148 valence electrons. The number of anilines is 1. The molecule has 4 rings (SSSR count). The molecule has 0 bridgehead atoms. The van der Waals surface area contributed by atoms with Gasteiger partial charge >= 0.3 is 0 Å². The summed E-state index contributed by atoms with van der Waals surface area (Å²) in [5.41, 5.74) is 1.82. The van der Waals surface area contributed by atoms with E-state index in [9.17, 15) is 0 Å². The van der Waals surface area contributed by atoms with Crippen molar-refractivity contribution in [1.29, 1.82) is 5.41 Å². The lowest BCUT2D eigenvalue weighted by Gasteiger charge is -2.31. The van der Waals surface area contributed by atoms with E-state index in [-0.39, 0.29) is 0 Å². The highest BCUT2D eigenvalue weighted by Gasteiger charge is 2.20. The van der Waals surface area contributed by atoms with Gasteiger partial charge in [-0.25, -0.2) is 9.97 Å². The first-order valence-electron chi connectivity index (χ1n) is 9.86. The third kappa shape index (κ3) is 4.78. The van der Waals surface area contributed by atoms with Gasteiger partial charge in [0, 0.05) is 24.3 Å². The fraction of sp³-hybridized carbons (Fsp3) is 0.261. The maximum absolute atomic E-state index is 8.76. The highest BCUT2D eigenvalue weighted by molar-refractivity contribution is 6.13. The Morgan fingerprint density at radius 2 is 1.97 bits per heavy atom. The summed E-state index contributed by atoms with van der Waals surface area (Å²) in [6.45, 7) is 2.09. The van der Waals surface area contributed by atoms with Crippen molar-refractivity contribution >= 4 is 11.5 Å². The summed E-state index contributed by atoms with van der Waals surface area (Å²) in [6, 6.07) is 17.5. The lowest BCUT2D eigenvalue weighted by Crippen LogP contribution is -2.40. The molecular formula is C23H25N5O. The van der Waals surface area contributed by atoms with Crippen LogP contribution in [0.3, 0.4) is 0 Å². The van der Waals surface area contributed by atoms with Crippen molar-refractivity contribution in [2.75, 3.05) is 25.5 Å². The number of hydrogen-bond acceptors (Lipinski definition) is 6. The molecule has 0 saturated carbocycles. The number of piperidine rings is 1. The summed E-state index contributed by atoms with van der Waals surface area (Å²) in [6.07, 6.45) is 5.49. The van der Waals surface area contributed by atoms with Crippen molar-refractivity contribution in [3.8, 4) is 11.5 Å². The number of rotatable bonds is 6. The van der Waals surface area contributed by atoms with Crippen molar-refractivity contribution in [3.05, 3.63) is 78.2 Å². The Labute approximate surface area is 171 Å². The van der Waals surface area contributed by atoms with Crippen molar-refractivity contribution in [2.24, 2.45) is 0 Å². The van der Waals surface area contributed by atoms with E-state index in [1.165, 1.54) is 6.33 Å². The summed E-state index contributed by atoms with van der Waals surface area (Å²) < 4.78 is 5.92. The smallest absolute Gasteiger partial charge is 0.139 e. The fourth-order valence-electron chi connectivity index (χ4n) is 3.60. The number of para-hydroxylation sites is 1. The highest BCUT2D eigenvalue weighted by Crippen LogP contribution is 2.25. The Kier molecular flexibility index (Phi) is 5.81. The number of nitrogens with zero attached hydrogens (tertiary/aromatic N) is 3. The topological polar surface area (TPSA) is 74.1 Å². The predicted molar refractivity (Wildman–Crippen MR) is 115 cm³/mol. The first-order valence-corrected chi connectivity index (χ1v) is 9.86. The number of hydrogen-bond donors (Lipinski definition) is 2. The summed E-state index contributed by atoms with van der Waals surface area (Å²) in [5, 5.41) is 12.3. The van der Waals surface area contributed by atoms with E-state index in [1.807, 2.05) is 54.6 Å². The lowest BCUT2D eigenvalue weighted by molar-refractivity contribution is 0.260. The SMILES string of the molecule is CN1CCCC(Nc2ncncc2C(=N)c2cccc(Oc3ccccc3)c2)C1. The molecule has 6 nitrogen and oxygen atoms in total. The van der Waals surface area contributed by atoms with Gasteiger partial charge in [0.05, 0.1) is 11.3 Å². The number of ether oxygens (including phenoxy) is 1. The number of nitrogens with one attached hydrogen (secondary N) is 2. The molecule has 1 atom stereocenters. The minimum Gasteiger partial charge on any atom is -0.457 e. The van der Waals surface area contributed by atoms with Crippen molar-refractivity contribution in [2.45, 2.75) is 18.9 Å². The predicted octanol–water partition coefficient (Wildman–Crippen LogP) is 4.19. The Morgan fingerprint density at radius 1 is 1.14 bits per heavy atom. The molecule has 2 heterocycles. The van der Waals surface area contributed by atoms with Crippen LogP contribution in [0.2, 0.25) is 0 Å². The van der Waals surface area contributed by atoms with Gasteiger partial charge in [-0.15, -0.1) is 0 Å². The van der Waals surface area contributed by atoms with Gasteiger partial charge in [-0.05, 0) is 50.7 Å². The summed E-state index contributed by atoms with van der Waals surface area (Å²) in [5.74, 6) is 2.17. The van der Waals surface area contributed by atoms with Crippen LogP contribution in [0.1, 0.15) is 24.0 Å². The number of benzene rings is 2. The molecule has 1 aliphatic rings. The zero-order valence-electron chi connectivity index (χ0n) is 16.5. The second kappa shape index (κ2) is 8.84. The summed E-state index contributed by atoms with van der Waals surface area (Å²) in [4.78, 5) is 10.9. The molecule has 6 heteroatoms. The van der Waals surface area contributed by atoms with Gasteiger partial charge in [-0.3, -0.25) is 5.41 Å². The zero-order chi connectivity index (χ0) is 20.1. The van der Waals surface area contributed by atoms with Crippen LogP contribution in [-0.2, 0) is 0 Å². The van der Waals surface area contributed by atoms with Crippen LogP contribution in [0.15, 0.2) is 67.1 Å².